The van der Waals surface area contributed by atoms with Crippen molar-refractivity contribution in [2.45, 2.75) is 38.4 Å². The second-order valence-electron chi connectivity index (χ2n) is 8.20. The van der Waals surface area contributed by atoms with Gasteiger partial charge in [-0.05, 0) is 60.5 Å². The fourth-order valence-electron chi connectivity index (χ4n) is 4.66. The molecule has 2 N–H and O–H groups in total. The fourth-order valence-corrected chi connectivity index (χ4v) is 4.66. The van der Waals surface area contributed by atoms with Crippen LogP contribution in [0.1, 0.15) is 29.5 Å². The molecule has 2 atom stereocenters. The number of fused-ring (bicyclic) bond motifs is 4. The molecular formula is C23H30FN3. The molecule has 3 nitrogen and oxygen atoms in total. The van der Waals surface area contributed by atoms with Crippen molar-refractivity contribution in [2.75, 3.05) is 26.2 Å². The normalized spacial score (nSPS) is 23.5. The lowest BCUT2D eigenvalue weighted by atomic mass is 9.94. The Morgan fingerprint density at radius 1 is 0.815 bits per heavy atom. The molecule has 0 radical (unpaired) electrons. The third-order valence-electron chi connectivity index (χ3n) is 6.06. The minimum Gasteiger partial charge on any atom is -0.330 e. The highest BCUT2D eigenvalue weighted by molar-refractivity contribution is 5.23. The number of halogens is 1. The van der Waals surface area contributed by atoms with Crippen LogP contribution in [0, 0.1) is 11.7 Å². The first-order valence-corrected chi connectivity index (χ1v) is 10.2. The van der Waals surface area contributed by atoms with Gasteiger partial charge in [0.15, 0.2) is 0 Å². The van der Waals surface area contributed by atoms with Crippen molar-refractivity contribution in [3.63, 3.8) is 0 Å². The van der Waals surface area contributed by atoms with Crippen LogP contribution in [-0.4, -0.2) is 42.0 Å². The maximum Gasteiger partial charge on any atom is 0.123 e. The zero-order chi connectivity index (χ0) is 18.6. The highest BCUT2D eigenvalue weighted by Gasteiger charge is 2.34. The van der Waals surface area contributed by atoms with E-state index in [1.807, 2.05) is 12.1 Å². The molecule has 27 heavy (non-hydrogen) atoms. The predicted molar refractivity (Wildman–Crippen MR) is 108 cm³/mol. The van der Waals surface area contributed by atoms with E-state index >= 15 is 0 Å². The van der Waals surface area contributed by atoms with E-state index in [0.29, 0.717) is 12.6 Å². The van der Waals surface area contributed by atoms with Gasteiger partial charge in [-0.25, -0.2) is 4.39 Å². The molecule has 3 fully saturated rings. The first-order valence-electron chi connectivity index (χ1n) is 10.2. The molecule has 2 aromatic rings. The summed E-state index contributed by atoms with van der Waals surface area (Å²) in [5, 5.41) is 0. The Kier molecular flexibility index (Phi) is 5.86. The number of nitrogens with two attached hydrogens (primary N) is 1. The lowest BCUT2D eigenvalue weighted by Gasteiger charge is -2.36. The Hall–Kier alpha value is -1.75. The number of benzene rings is 2. The third-order valence-corrected chi connectivity index (χ3v) is 6.06. The summed E-state index contributed by atoms with van der Waals surface area (Å²) in [7, 11) is 0. The summed E-state index contributed by atoms with van der Waals surface area (Å²) in [5.74, 6) is 0.582. The Labute approximate surface area is 162 Å². The first kappa shape index (κ1) is 18.6. The quantitative estimate of drug-likeness (QED) is 0.849. The van der Waals surface area contributed by atoms with Crippen molar-refractivity contribution in [3.05, 3.63) is 71.0 Å². The summed E-state index contributed by atoms with van der Waals surface area (Å²) in [4.78, 5) is 5.25. The average Bonchev–Trinajstić information content (AvgIpc) is 2.96. The summed E-state index contributed by atoms with van der Waals surface area (Å²) in [6.07, 6.45) is 3.57. The highest BCUT2D eigenvalue weighted by atomic mass is 19.1. The SMILES string of the molecule is NCCc1ccc(CN2C[C@H]3CC[C@@H]2CN(Cc2ccc(F)cc2)C3)cc1. The second-order valence-corrected chi connectivity index (χ2v) is 8.20. The van der Waals surface area contributed by atoms with Gasteiger partial charge in [-0.1, -0.05) is 36.4 Å². The van der Waals surface area contributed by atoms with Gasteiger partial charge < -0.3 is 5.73 Å². The number of nitrogens with zero attached hydrogens (tertiary/aromatic N) is 2. The van der Waals surface area contributed by atoms with Crippen molar-refractivity contribution in [1.29, 1.82) is 0 Å². The topological polar surface area (TPSA) is 32.5 Å². The molecule has 0 amide bonds. The van der Waals surface area contributed by atoms with Gasteiger partial charge in [-0.2, -0.15) is 0 Å². The smallest absolute Gasteiger partial charge is 0.123 e. The Morgan fingerprint density at radius 3 is 2.22 bits per heavy atom. The van der Waals surface area contributed by atoms with Gasteiger partial charge in [0.1, 0.15) is 5.82 Å². The summed E-state index contributed by atoms with van der Waals surface area (Å²) < 4.78 is 13.2. The van der Waals surface area contributed by atoms with E-state index in [4.69, 9.17) is 5.73 Å². The van der Waals surface area contributed by atoms with Crippen LogP contribution in [0.15, 0.2) is 48.5 Å². The monoisotopic (exact) mass is 367 g/mol. The van der Waals surface area contributed by atoms with Gasteiger partial charge >= 0.3 is 0 Å². The van der Waals surface area contributed by atoms with Gasteiger partial charge in [0.2, 0.25) is 0 Å². The van der Waals surface area contributed by atoms with Crippen molar-refractivity contribution < 1.29 is 4.39 Å². The van der Waals surface area contributed by atoms with Gasteiger partial charge in [0.25, 0.3) is 0 Å². The van der Waals surface area contributed by atoms with Crippen LogP contribution < -0.4 is 5.73 Å². The highest BCUT2D eigenvalue weighted by Crippen LogP contribution is 2.30. The predicted octanol–water partition coefficient (Wildman–Crippen LogP) is 3.42. The van der Waals surface area contributed by atoms with Gasteiger partial charge in [0, 0.05) is 38.8 Å². The zero-order valence-corrected chi connectivity index (χ0v) is 16.0. The molecule has 3 saturated heterocycles. The van der Waals surface area contributed by atoms with Crippen molar-refractivity contribution in [1.82, 2.24) is 9.80 Å². The number of hydrogen-bond acceptors (Lipinski definition) is 3. The zero-order valence-electron chi connectivity index (χ0n) is 16.0. The van der Waals surface area contributed by atoms with Gasteiger partial charge in [0.05, 0.1) is 0 Å². The third kappa shape index (κ3) is 4.75. The van der Waals surface area contributed by atoms with Crippen LogP contribution in [0.4, 0.5) is 4.39 Å². The minimum atomic E-state index is -0.154. The lowest BCUT2D eigenvalue weighted by molar-refractivity contribution is 0.123. The Bertz CT molecular complexity index is 728. The van der Waals surface area contributed by atoms with E-state index in [1.54, 1.807) is 12.1 Å². The van der Waals surface area contributed by atoms with Crippen molar-refractivity contribution in [2.24, 2.45) is 11.7 Å². The van der Waals surface area contributed by atoms with E-state index in [1.165, 1.54) is 36.1 Å². The molecule has 0 unspecified atom stereocenters. The maximum atomic E-state index is 13.2. The number of hydrogen-bond donors (Lipinski definition) is 1. The van der Waals surface area contributed by atoms with Gasteiger partial charge in [-0.15, -0.1) is 0 Å². The Balaban J connectivity index is 1.39. The van der Waals surface area contributed by atoms with Crippen LogP contribution in [-0.2, 0) is 19.5 Å². The van der Waals surface area contributed by atoms with E-state index in [2.05, 4.69) is 34.1 Å². The number of rotatable bonds is 6. The van der Waals surface area contributed by atoms with E-state index in [0.717, 1.165) is 38.5 Å². The summed E-state index contributed by atoms with van der Waals surface area (Å²) in [6, 6.07) is 16.6. The van der Waals surface area contributed by atoms with E-state index < -0.39 is 0 Å². The average molecular weight is 368 g/mol. The first-order chi connectivity index (χ1) is 13.2. The summed E-state index contributed by atoms with van der Waals surface area (Å²) >= 11 is 0. The molecule has 3 heterocycles. The molecule has 0 saturated carbocycles. The summed E-state index contributed by atoms with van der Waals surface area (Å²) in [5.41, 5.74) is 9.58. The van der Waals surface area contributed by atoms with Crippen molar-refractivity contribution >= 4 is 0 Å². The molecule has 2 bridgehead atoms. The van der Waals surface area contributed by atoms with Crippen LogP contribution in [0.25, 0.3) is 0 Å². The second kappa shape index (κ2) is 8.51. The Morgan fingerprint density at radius 2 is 1.48 bits per heavy atom. The molecular weight excluding hydrogens is 337 g/mol. The van der Waals surface area contributed by atoms with E-state index in [-0.39, 0.29) is 5.82 Å². The molecule has 0 spiro atoms. The number of piperidine rings is 1. The molecule has 3 aliphatic heterocycles. The van der Waals surface area contributed by atoms with Gasteiger partial charge in [-0.3, -0.25) is 9.80 Å². The molecule has 0 aliphatic carbocycles. The molecule has 0 aromatic heterocycles. The standard InChI is InChI=1S/C23H30FN3/c24-22-8-5-19(6-9-22)13-26-14-21-7-10-23(17-26)27(16-21)15-20-3-1-18(2-4-20)11-12-25/h1-6,8-9,21,23H,7,10-17,25H2/t21-,23+/m0/s1. The summed E-state index contributed by atoms with van der Waals surface area (Å²) in [6.45, 7) is 6.12. The lowest BCUT2D eigenvalue weighted by Crippen LogP contribution is -2.43. The molecule has 5 rings (SSSR count). The van der Waals surface area contributed by atoms with Crippen LogP contribution in [0.5, 0.6) is 0 Å². The molecule has 144 valence electrons. The van der Waals surface area contributed by atoms with Crippen LogP contribution >= 0.6 is 0 Å². The minimum absolute atomic E-state index is 0.154. The van der Waals surface area contributed by atoms with Crippen LogP contribution in [0.2, 0.25) is 0 Å². The van der Waals surface area contributed by atoms with Crippen LogP contribution in [0.3, 0.4) is 0 Å². The molecule has 2 aromatic carbocycles. The largest absolute Gasteiger partial charge is 0.330 e. The van der Waals surface area contributed by atoms with Crippen molar-refractivity contribution in [3.8, 4) is 0 Å². The van der Waals surface area contributed by atoms with E-state index in [9.17, 15) is 4.39 Å². The molecule has 3 aliphatic rings. The fraction of sp³-hybridized carbons (Fsp3) is 0.478. The molecule has 4 heteroatoms. The maximum absolute atomic E-state index is 13.2.